The van der Waals surface area contributed by atoms with Gasteiger partial charge in [-0.2, -0.15) is 0 Å². The van der Waals surface area contributed by atoms with Crippen LogP contribution >= 0.6 is 22.7 Å². The third kappa shape index (κ3) is 3.03. The number of ketones is 1. The van der Waals surface area contributed by atoms with Gasteiger partial charge in [0.2, 0.25) is 0 Å². The number of carbonyl (C=O) groups excluding carboxylic acids is 1. The normalized spacial score (nSPS) is 11.8. The third-order valence-corrected chi connectivity index (χ3v) is 4.16. The lowest BCUT2D eigenvalue weighted by molar-refractivity contribution is 0.0988. The van der Waals surface area contributed by atoms with Crippen LogP contribution in [0, 0.1) is 6.92 Å². The van der Waals surface area contributed by atoms with E-state index in [0.29, 0.717) is 12.1 Å². The number of rotatable bonds is 3. The molecule has 0 aliphatic rings. The molecule has 2 aromatic heterocycles. The average Bonchev–Trinajstić information content (AvgIpc) is 2.85. The summed E-state index contributed by atoms with van der Waals surface area (Å²) in [5, 5.41) is 5.65. The Kier molecular flexibility index (Phi) is 3.64. The van der Waals surface area contributed by atoms with Gasteiger partial charge in [0.15, 0.2) is 5.78 Å². The SMILES string of the molecule is Cc1nc(C(=O)Cc2nc(C(C)(C)C)cs2)cs1. The van der Waals surface area contributed by atoms with E-state index in [1.807, 2.05) is 17.7 Å². The highest BCUT2D eigenvalue weighted by molar-refractivity contribution is 7.10. The zero-order valence-corrected chi connectivity index (χ0v) is 12.6. The van der Waals surface area contributed by atoms with Gasteiger partial charge in [0, 0.05) is 16.2 Å². The molecule has 2 heterocycles. The van der Waals surface area contributed by atoms with Crippen molar-refractivity contribution in [1.82, 2.24) is 9.97 Å². The second-order valence-electron chi connectivity index (χ2n) is 5.23. The molecule has 2 rings (SSSR count). The van der Waals surface area contributed by atoms with Crippen molar-refractivity contribution >= 4 is 28.5 Å². The van der Waals surface area contributed by atoms with Gasteiger partial charge in [-0.25, -0.2) is 9.97 Å². The van der Waals surface area contributed by atoms with Crippen LogP contribution in [0.4, 0.5) is 0 Å². The summed E-state index contributed by atoms with van der Waals surface area (Å²) >= 11 is 3.05. The molecule has 5 heteroatoms. The molecule has 0 spiro atoms. The molecular formula is C13H16N2OS2. The molecule has 18 heavy (non-hydrogen) atoms. The summed E-state index contributed by atoms with van der Waals surface area (Å²) in [5.74, 6) is 0.0501. The number of aryl methyl sites for hydroxylation is 1. The van der Waals surface area contributed by atoms with Crippen molar-refractivity contribution in [3.8, 4) is 0 Å². The van der Waals surface area contributed by atoms with E-state index >= 15 is 0 Å². The van der Waals surface area contributed by atoms with Crippen molar-refractivity contribution in [3.05, 3.63) is 32.2 Å². The molecule has 0 fully saturated rings. The zero-order chi connectivity index (χ0) is 13.3. The Hall–Kier alpha value is -1.07. The second kappa shape index (κ2) is 4.90. The molecule has 0 amide bonds. The maximum atomic E-state index is 12.0. The van der Waals surface area contributed by atoms with E-state index in [0.717, 1.165) is 15.7 Å². The Morgan fingerprint density at radius 2 is 1.94 bits per heavy atom. The highest BCUT2D eigenvalue weighted by atomic mass is 32.1. The van der Waals surface area contributed by atoms with Crippen molar-refractivity contribution < 1.29 is 4.79 Å². The van der Waals surface area contributed by atoms with Gasteiger partial charge in [-0.1, -0.05) is 20.8 Å². The van der Waals surface area contributed by atoms with Crippen molar-refractivity contribution in [2.24, 2.45) is 0 Å². The molecule has 3 nitrogen and oxygen atoms in total. The highest BCUT2D eigenvalue weighted by Gasteiger charge is 2.19. The van der Waals surface area contributed by atoms with E-state index in [1.165, 1.54) is 11.3 Å². The Morgan fingerprint density at radius 3 is 2.44 bits per heavy atom. The predicted octanol–water partition coefficient (Wildman–Crippen LogP) is 3.63. The fourth-order valence-electron chi connectivity index (χ4n) is 1.46. The lowest BCUT2D eigenvalue weighted by atomic mass is 9.93. The first-order chi connectivity index (χ1) is 8.36. The van der Waals surface area contributed by atoms with Crippen LogP contribution in [-0.2, 0) is 11.8 Å². The zero-order valence-electron chi connectivity index (χ0n) is 11.0. The van der Waals surface area contributed by atoms with E-state index in [2.05, 4.69) is 30.7 Å². The number of Topliss-reactive ketones (excluding diaryl/α,β-unsaturated/α-hetero) is 1. The molecule has 0 saturated heterocycles. The summed E-state index contributed by atoms with van der Waals surface area (Å²) < 4.78 is 0. The number of thiazole rings is 2. The summed E-state index contributed by atoms with van der Waals surface area (Å²) in [7, 11) is 0. The summed E-state index contributed by atoms with van der Waals surface area (Å²) in [4.78, 5) is 20.7. The molecule has 0 aromatic carbocycles. The summed E-state index contributed by atoms with van der Waals surface area (Å²) in [6.45, 7) is 8.27. The molecule has 0 aliphatic heterocycles. The fraction of sp³-hybridized carbons (Fsp3) is 0.462. The van der Waals surface area contributed by atoms with Crippen molar-refractivity contribution in [1.29, 1.82) is 0 Å². The third-order valence-electron chi connectivity index (χ3n) is 2.54. The van der Waals surface area contributed by atoms with Crippen LogP contribution in [0.15, 0.2) is 10.8 Å². The molecule has 0 saturated carbocycles. The lowest BCUT2D eigenvalue weighted by Crippen LogP contribution is -2.12. The van der Waals surface area contributed by atoms with Crippen LogP contribution in [0.3, 0.4) is 0 Å². The Balaban J connectivity index is 2.10. The van der Waals surface area contributed by atoms with Gasteiger partial charge < -0.3 is 0 Å². The molecule has 0 N–H and O–H groups in total. The Labute approximate surface area is 115 Å². The van der Waals surface area contributed by atoms with Gasteiger partial charge in [-0.3, -0.25) is 4.79 Å². The number of hydrogen-bond acceptors (Lipinski definition) is 5. The molecular weight excluding hydrogens is 264 g/mol. The smallest absolute Gasteiger partial charge is 0.188 e. The summed E-state index contributed by atoms with van der Waals surface area (Å²) in [5.41, 5.74) is 1.64. The van der Waals surface area contributed by atoms with Gasteiger partial charge in [0.25, 0.3) is 0 Å². The number of nitrogens with zero attached hydrogens (tertiary/aromatic N) is 2. The fourth-order valence-corrected chi connectivity index (χ4v) is 3.09. The molecule has 0 atom stereocenters. The molecule has 0 bridgehead atoms. The Bertz CT molecular complexity index is 564. The van der Waals surface area contributed by atoms with Crippen LogP contribution in [0.1, 0.15) is 47.0 Å². The van der Waals surface area contributed by atoms with E-state index in [9.17, 15) is 4.79 Å². The minimum absolute atomic E-state index is 0.0367. The first-order valence-electron chi connectivity index (χ1n) is 5.76. The van der Waals surface area contributed by atoms with Crippen LogP contribution in [0.5, 0.6) is 0 Å². The van der Waals surface area contributed by atoms with E-state index in [-0.39, 0.29) is 11.2 Å². The van der Waals surface area contributed by atoms with Crippen molar-refractivity contribution in [3.63, 3.8) is 0 Å². The van der Waals surface area contributed by atoms with Crippen molar-refractivity contribution in [2.45, 2.75) is 39.5 Å². The van der Waals surface area contributed by atoms with Gasteiger partial charge in [-0.15, -0.1) is 22.7 Å². The van der Waals surface area contributed by atoms with E-state index in [4.69, 9.17) is 0 Å². The molecule has 0 unspecified atom stereocenters. The van der Waals surface area contributed by atoms with Crippen LogP contribution in [0.2, 0.25) is 0 Å². The largest absolute Gasteiger partial charge is 0.292 e. The number of hydrogen-bond donors (Lipinski definition) is 0. The van der Waals surface area contributed by atoms with Crippen LogP contribution < -0.4 is 0 Å². The first kappa shape index (κ1) is 13.4. The summed E-state index contributed by atoms with van der Waals surface area (Å²) in [6, 6.07) is 0. The molecule has 0 radical (unpaired) electrons. The highest BCUT2D eigenvalue weighted by Crippen LogP contribution is 2.24. The minimum atomic E-state index is 0.0367. The van der Waals surface area contributed by atoms with E-state index < -0.39 is 0 Å². The molecule has 96 valence electrons. The van der Waals surface area contributed by atoms with Gasteiger partial charge >= 0.3 is 0 Å². The van der Waals surface area contributed by atoms with Crippen LogP contribution in [-0.4, -0.2) is 15.8 Å². The standard InChI is InChI=1S/C13H16N2OS2/c1-8-14-9(6-17-8)10(16)5-12-15-11(7-18-12)13(2,3)4/h6-7H,5H2,1-4H3. The second-order valence-corrected chi connectivity index (χ2v) is 7.23. The first-order valence-corrected chi connectivity index (χ1v) is 7.52. The average molecular weight is 280 g/mol. The maximum Gasteiger partial charge on any atom is 0.188 e. The topological polar surface area (TPSA) is 42.9 Å². The lowest BCUT2D eigenvalue weighted by Gasteiger charge is -2.14. The molecule has 0 aliphatic carbocycles. The van der Waals surface area contributed by atoms with Gasteiger partial charge in [-0.05, 0) is 6.92 Å². The predicted molar refractivity (Wildman–Crippen MR) is 75.7 cm³/mol. The Morgan fingerprint density at radius 1 is 1.22 bits per heavy atom. The van der Waals surface area contributed by atoms with E-state index in [1.54, 1.807) is 11.3 Å². The number of carbonyl (C=O) groups is 1. The minimum Gasteiger partial charge on any atom is -0.292 e. The van der Waals surface area contributed by atoms with Gasteiger partial charge in [0.1, 0.15) is 10.7 Å². The quantitative estimate of drug-likeness (QED) is 0.806. The molecule has 2 aromatic rings. The number of aromatic nitrogens is 2. The summed E-state index contributed by atoms with van der Waals surface area (Å²) in [6.07, 6.45) is 0.351. The van der Waals surface area contributed by atoms with Gasteiger partial charge in [0.05, 0.1) is 17.1 Å². The monoisotopic (exact) mass is 280 g/mol. The van der Waals surface area contributed by atoms with Crippen LogP contribution in [0.25, 0.3) is 0 Å². The van der Waals surface area contributed by atoms with Crippen molar-refractivity contribution in [2.75, 3.05) is 0 Å². The maximum absolute atomic E-state index is 12.0.